The van der Waals surface area contributed by atoms with E-state index in [1.807, 2.05) is 5.38 Å². The number of rotatable bonds is 6. The van der Waals surface area contributed by atoms with Crippen molar-refractivity contribution in [1.82, 2.24) is 10.3 Å². The van der Waals surface area contributed by atoms with Gasteiger partial charge in [0, 0.05) is 10.9 Å². The van der Waals surface area contributed by atoms with E-state index in [0.29, 0.717) is 17.9 Å². The van der Waals surface area contributed by atoms with E-state index >= 15 is 0 Å². The average molecular weight is 306 g/mol. The zero-order valence-corrected chi connectivity index (χ0v) is 12.8. The summed E-state index contributed by atoms with van der Waals surface area (Å²) in [4.78, 5) is 16.1. The number of thiazole rings is 1. The minimum absolute atomic E-state index is 0.117. The molecule has 0 atom stereocenters. The van der Waals surface area contributed by atoms with Crippen molar-refractivity contribution < 1.29 is 14.6 Å². The molecule has 0 unspecified atom stereocenters. The fraction of sp³-hybridized carbons (Fsp3) is 0.333. The number of nitrogens with zero attached hydrogens (tertiary/aromatic N) is 1. The molecule has 0 bridgehead atoms. The van der Waals surface area contributed by atoms with E-state index < -0.39 is 5.54 Å². The lowest BCUT2D eigenvalue weighted by molar-refractivity contribution is 0.0869. The van der Waals surface area contributed by atoms with Crippen LogP contribution in [-0.4, -0.2) is 28.1 Å². The Hall–Kier alpha value is -1.92. The molecule has 1 aromatic heterocycles. The number of amides is 1. The van der Waals surface area contributed by atoms with E-state index in [1.165, 1.54) is 11.3 Å². The Balaban J connectivity index is 1.93. The highest BCUT2D eigenvalue weighted by atomic mass is 32.1. The number of carbonyl (C=O) groups is 1. The van der Waals surface area contributed by atoms with Gasteiger partial charge in [0.15, 0.2) is 0 Å². The maximum atomic E-state index is 12.0. The van der Waals surface area contributed by atoms with Crippen LogP contribution in [0.4, 0.5) is 0 Å². The fourth-order valence-electron chi connectivity index (χ4n) is 1.59. The Kier molecular flexibility index (Phi) is 4.93. The molecule has 0 radical (unpaired) electrons. The number of hydrogen-bond acceptors (Lipinski definition) is 5. The van der Waals surface area contributed by atoms with Gasteiger partial charge in [-0.05, 0) is 38.1 Å². The first-order valence-electron chi connectivity index (χ1n) is 6.53. The predicted octanol–water partition coefficient (Wildman–Crippen LogP) is 2.22. The molecular formula is C15H18N2O3S. The lowest BCUT2D eigenvalue weighted by Crippen LogP contribution is -2.46. The summed E-state index contributed by atoms with van der Waals surface area (Å²) < 4.78 is 5.58. The minimum atomic E-state index is -0.642. The van der Waals surface area contributed by atoms with Crippen LogP contribution in [0.25, 0.3) is 0 Å². The molecule has 2 aromatic rings. The molecule has 2 rings (SSSR count). The summed E-state index contributed by atoms with van der Waals surface area (Å²) in [7, 11) is 0. The summed E-state index contributed by atoms with van der Waals surface area (Å²) in [6.07, 6.45) is 0. The second-order valence-electron chi connectivity index (χ2n) is 5.29. The number of aliphatic hydroxyl groups is 1. The molecule has 0 aliphatic rings. The standard InChI is InChI=1S/C15H18N2O3S/c1-15(2,9-18)17-14(19)11-3-5-13(6-4-11)20-7-12-8-21-10-16-12/h3-6,8,10,18H,7,9H2,1-2H3,(H,17,19). The molecule has 2 N–H and O–H groups in total. The van der Waals surface area contributed by atoms with Gasteiger partial charge in [-0.3, -0.25) is 4.79 Å². The van der Waals surface area contributed by atoms with E-state index in [-0.39, 0.29) is 12.5 Å². The molecule has 1 heterocycles. The smallest absolute Gasteiger partial charge is 0.251 e. The van der Waals surface area contributed by atoms with Gasteiger partial charge < -0.3 is 15.2 Å². The molecule has 1 aromatic carbocycles. The molecule has 0 aliphatic carbocycles. The zero-order chi connectivity index (χ0) is 15.3. The maximum absolute atomic E-state index is 12.0. The monoisotopic (exact) mass is 306 g/mol. The zero-order valence-electron chi connectivity index (χ0n) is 12.0. The van der Waals surface area contributed by atoms with Crippen LogP contribution in [0, 0.1) is 0 Å². The molecular weight excluding hydrogens is 288 g/mol. The van der Waals surface area contributed by atoms with Gasteiger partial charge in [-0.1, -0.05) is 0 Å². The summed E-state index contributed by atoms with van der Waals surface area (Å²) >= 11 is 1.52. The first-order valence-corrected chi connectivity index (χ1v) is 7.48. The quantitative estimate of drug-likeness (QED) is 0.858. The van der Waals surface area contributed by atoms with Crippen molar-refractivity contribution >= 4 is 17.2 Å². The Morgan fingerprint density at radius 3 is 2.67 bits per heavy atom. The summed E-state index contributed by atoms with van der Waals surface area (Å²) in [5, 5.41) is 13.8. The summed E-state index contributed by atoms with van der Waals surface area (Å²) in [5.41, 5.74) is 2.52. The van der Waals surface area contributed by atoms with E-state index in [1.54, 1.807) is 43.6 Å². The van der Waals surface area contributed by atoms with Crippen LogP contribution in [0.5, 0.6) is 5.75 Å². The van der Waals surface area contributed by atoms with Crippen molar-refractivity contribution in [3.8, 4) is 5.75 Å². The molecule has 21 heavy (non-hydrogen) atoms. The van der Waals surface area contributed by atoms with Crippen LogP contribution in [0.15, 0.2) is 35.2 Å². The van der Waals surface area contributed by atoms with Gasteiger partial charge in [0.1, 0.15) is 12.4 Å². The number of ether oxygens (including phenoxy) is 1. The second-order valence-corrected chi connectivity index (χ2v) is 6.01. The van der Waals surface area contributed by atoms with Crippen LogP contribution >= 0.6 is 11.3 Å². The van der Waals surface area contributed by atoms with Crippen molar-refractivity contribution in [3.05, 3.63) is 46.4 Å². The van der Waals surface area contributed by atoms with Gasteiger partial charge in [-0.15, -0.1) is 11.3 Å². The Morgan fingerprint density at radius 2 is 2.10 bits per heavy atom. The number of carbonyl (C=O) groups excluding carboxylic acids is 1. The third-order valence-electron chi connectivity index (χ3n) is 2.83. The number of benzene rings is 1. The maximum Gasteiger partial charge on any atom is 0.251 e. The van der Waals surface area contributed by atoms with E-state index in [4.69, 9.17) is 9.84 Å². The molecule has 5 nitrogen and oxygen atoms in total. The number of nitrogens with one attached hydrogen (secondary N) is 1. The summed E-state index contributed by atoms with van der Waals surface area (Å²) in [6, 6.07) is 6.87. The number of aliphatic hydroxyl groups excluding tert-OH is 1. The van der Waals surface area contributed by atoms with Gasteiger partial charge in [0.05, 0.1) is 23.4 Å². The van der Waals surface area contributed by atoms with Crippen molar-refractivity contribution in [2.75, 3.05) is 6.61 Å². The topological polar surface area (TPSA) is 71.5 Å². The van der Waals surface area contributed by atoms with Gasteiger partial charge in [0.2, 0.25) is 0 Å². The molecule has 1 amide bonds. The van der Waals surface area contributed by atoms with E-state index in [0.717, 1.165) is 5.69 Å². The van der Waals surface area contributed by atoms with Crippen LogP contribution in [0.2, 0.25) is 0 Å². The Bertz CT molecular complexity index is 579. The number of hydrogen-bond donors (Lipinski definition) is 2. The second kappa shape index (κ2) is 6.69. The van der Waals surface area contributed by atoms with Crippen molar-refractivity contribution in [3.63, 3.8) is 0 Å². The minimum Gasteiger partial charge on any atom is -0.487 e. The fourth-order valence-corrected chi connectivity index (χ4v) is 2.13. The molecule has 6 heteroatoms. The molecule has 0 spiro atoms. The van der Waals surface area contributed by atoms with Gasteiger partial charge in [-0.25, -0.2) is 4.98 Å². The molecule has 0 saturated heterocycles. The number of aromatic nitrogens is 1. The molecule has 112 valence electrons. The van der Waals surface area contributed by atoms with Crippen LogP contribution < -0.4 is 10.1 Å². The van der Waals surface area contributed by atoms with Gasteiger partial charge >= 0.3 is 0 Å². The van der Waals surface area contributed by atoms with Crippen molar-refractivity contribution in [2.45, 2.75) is 26.0 Å². The average Bonchev–Trinajstić information content (AvgIpc) is 2.98. The van der Waals surface area contributed by atoms with E-state index in [9.17, 15) is 4.79 Å². The molecule has 0 saturated carbocycles. The third kappa shape index (κ3) is 4.54. The SMILES string of the molecule is CC(C)(CO)NC(=O)c1ccc(OCc2cscn2)cc1. The van der Waals surface area contributed by atoms with Crippen molar-refractivity contribution in [2.24, 2.45) is 0 Å². The summed E-state index contributed by atoms with van der Waals surface area (Å²) in [6.45, 7) is 3.81. The highest BCUT2D eigenvalue weighted by Crippen LogP contribution is 2.15. The lowest BCUT2D eigenvalue weighted by Gasteiger charge is -2.23. The lowest BCUT2D eigenvalue weighted by atomic mass is 10.1. The van der Waals surface area contributed by atoms with E-state index in [2.05, 4.69) is 10.3 Å². The van der Waals surface area contributed by atoms with Crippen LogP contribution in [0.1, 0.15) is 29.9 Å². The molecule has 0 fully saturated rings. The third-order valence-corrected chi connectivity index (χ3v) is 3.47. The van der Waals surface area contributed by atoms with Crippen LogP contribution in [-0.2, 0) is 6.61 Å². The van der Waals surface area contributed by atoms with Gasteiger partial charge in [-0.2, -0.15) is 0 Å². The summed E-state index contributed by atoms with van der Waals surface area (Å²) in [5.74, 6) is 0.459. The Morgan fingerprint density at radius 1 is 1.38 bits per heavy atom. The van der Waals surface area contributed by atoms with Gasteiger partial charge in [0.25, 0.3) is 5.91 Å². The predicted molar refractivity (Wildman–Crippen MR) is 81.5 cm³/mol. The largest absolute Gasteiger partial charge is 0.487 e. The highest BCUT2D eigenvalue weighted by Gasteiger charge is 2.19. The Labute approximate surface area is 127 Å². The van der Waals surface area contributed by atoms with Crippen molar-refractivity contribution in [1.29, 1.82) is 0 Å². The normalized spacial score (nSPS) is 11.2. The van der Waals surface area contributed by atoms with Crippen LogP contribution in [0.3, 0.4) is 0 Å². The highest BCUT2D eigenvalue weighted by molar-refractivity contribution is 7.07. The molecule has 0 aliphatic heterocycles. The first-order chi connectivity index (χ1) is 10.00. The first kappa shape index (κ1) is 15.5.